The Hall–Kier alpha value is -0.650. The van der Waals surface area contributed by atoms with Gasteiger partial charge in [0.1, 0.15) is 6.61 Å². The Labute approximate surface area is 250 Å². The molecule has 0 fully saturated rings. The van der Waals surface area contributed by atoms with Gasteiger partial charge in [0.05, 0.1) is 13.2 Å². The molecule has 0 aliphatic heterocycles. The van der Waals surface area contributed by atoms with Gasteiger partial charge in [0, 0.05) is 13.5 Å². The Balaban J connectivity index is 0. The normalized spacial score (nSPS) is 11.0. The zero-order chi connectivity index (χ0) is 29.6. The molecule has 5 heteroatoms. The molecule has 5 nitrogen and oxygen atoms in total. The quantitative estimate of drug-likeness (QED) is 0.0481. The SMILES string of the molecule is CCCCCCCCCCCCCCCC(=O)O.CCCCCCCCCCCCCCCCOOCCOC. The van der Waals surface area contributed by atoms with Crippen LogP contribution in [0.15, 0.2) is 0 Å². The van der Waals surface area contributed by atoms with E-state index in [0.29, 0.717) is 26.2 Å². The average molecular weight is 573 g/mol. The maximum absolute atomic E-state index is 10.3. The van der Waals surface area contributed by atoms with E-state index in [1.807, 2.05) is 0 Å². The highest BCUT2D eigenvalue weighted by Crippen LogP contribution is 2.14. The number of carboxylic acid groups (broad SMARTS) is 1. The van der Waals surface area contributed by atoms with Crippen LogP contribution in [0.25, 0.3) is 0 Å². The van der Waals surface area contributed by atoms with Gasteiger partial charge in [0.25, 0.3) is 0 Å². The van der Waals surface area contributed by atoms with Gasteiger partial charge >= 0.3 is 5.97 Å². The molecule has 40 heavy (non-hydrogen) atoms. The molecule has 1 N–H and O–H groups in total. The van der Waals surface area contributed by atoms with E-state index >= 15 is 0 Å². The van der Waals surface area contributed by atoms with Crippen LogP contribution >= 0.6 is 0 Å². The van der Waals surface area contributed by atoms with Gasteiger partial charge in [-0.3, -0.25) is 4.79 Å². The maximum atomic E-state index is 10.3. The van der Waals surface area contributed by atoms with Crippen LogP contribution in [0, 0.1) is 0 Å². The summed E-state index contributed by atoms with van der Waals surface area (Å²) in [5, 5.41) is 8.49. The van der Waals surface area contributed by atoms with Crippen molar-refractivity contribution in [3.63, 3.8) is 0 Å². The van der Waals surface area contributed by atoms with Gasteiger partial charge in [0.15, 0.2) is 0 Å². The second-order valence-electron chi connectivity index (χ2n) is 11.6. The Morgan fingerprint density at radius 2 is 0.725 bits per heavy atom. The molecule has 0 aromatic carbocycles. The fourth-order valence-corrected chi connectivity index (χ4v) is 4.88. The van der Waals surface area contributed by atoms with Gasteiger partial charge < -0.3 is 9.84 Å². The zero-order valence-corrected chi connectivity index (χ0v) is 27.5. The van der Waals surface area contributed by atoms with Crippen LogP contribution < -0.4 is 0 Å². The predicted molar refractivity (Wildman–Crippen MR) is 172 cm³/mol. The molecule has 0 bridgehead atoms. The van der Waals surface area contributed by atoms with Crippen LogP contribution in [-0.4, -0.2) is 38.0 Å². The van der Waals surface area contributed by atoms with Gasteiger partial charge in [-0.15, -0.1) is 0 Å². The number of unbranched alkanes of at least 4 members (excludes halogenated alkanes) is 25. The Kier molecular flexibility index (Phi) is 42.0. The molecule has 0 amide bonds. The first-order chi connectivity index (χ1) is 19.7. The van der Waals surface area contributed by atoms with Crippen LogP contribution in [0.4, 0.5) is 0 Å². The van der Waals surface area contributed by atoms with E-state index in [0.717, 1.165) is 19.3 Å². The first-order valence-electron chi connectivity index (χ1n) is 17.6. The molecule has 0 aromatic rings. The Morgan fingerprint density at radius 1 is 0.425 bits per heavy atom. The van der Waals surface area contributed by atoms with Crippen molar-refractivity contribution in [3.05, 3.63) is 0 Å². The van der Waals surface area contributed by atoms with Gasteiger partial charge in [-0.25, -0.2) is 9.78 Å². The van der Waals surface area contributed by atoms with Gasteiger partial charge in [-0.1, -0.05) is 174 Å². The van der Waals surface area contributed by atoms with Crippen LogP contribution in [0.5, 0.6) is 0 Å². The van der Waals surface area contributed by atoms with Crippen molar-refractivity contribution in [1.82, 2.24) is 0 Å². The molecule has 0 saturated carbocycles. The summed E-state index contributed by atoms with van der Waals surface area (Å²) in [7, 11) is 1.66. The summed E-state index contributed by atoms with van der Waals surface area (Å²) in [6.45, 7) is 6.37. The number of methoxy groups -OCH3 is 1. The molecule has 0 atom stereocenters. The maximum Gasteiger partial charge on any atom is 0.303 e. The minimum absolute atomic E-state index is 0.345. The first-order valence-corrected chi connectivity index (χ1v) is 17.6. The van der Waals surface area contributed by atoms with E-state index in [-0.39, 0.29) is 0 Å². The summed E-state index contributed by atoms with van der Waals surface area (Å²) in [5.74, 6) is -0.655. The highest BCUT2D eigenvalue weighted by atomic mass is 17.2. The van der Waals surface area contributed by atoms with Gasteiger partial charge in [-0.2, -0.15) is 0 Å². The lowest BCUT2D eigenvalue weighted by Gasteiger charge is -2.04. The fourth-order valence-electron chi connectivity index (χ4n) is 4.88. The number of carboxylic acids is 1. The summed E-state index contributed by atoms with van der Waals surface area (Å²) in [5.41, 5.74) is 0. The molecule has 0 rings (SSSR count). The summed E-state index contributed by atoms with van der Waals surface area (Å²) in [6, 6.07) is 0. The lowest BCUT2D eigenvalue weighted by molar-refractivity contribution is -0.298. The minimum atomic E-state index is -0.655. The highest BCUT2D eigenvalue weighted by Gasteiger charge is 1.97. The van der Waals surface area contributed by atoms with Crippen molar-refractivity contribution in [2.24, 2.45) is 0 Å². The number of carbonyl (C=O) groups is 1. The third kappa shape index (κ3) is 44.4. The Morgan fingerprint density at radius 3 is 1.05 bits per heavy atom. The molecule has 0 aliphatic rings. The summed E-state index contributed by atoms with van der Waals surface area (Å²) in [4.78, 5) is 20.3. The predicted octanol–water partition coefficient (Wildman–Crippen LogP) is 11.6. The van der Waals surface area contributed by atoms with E-state index in [9.17, 15) is 4.79 Å². The van der Waals surface area contributed by atoms with E-state index < -0.39 is 5.97 Å². The van der Waals surface area contributed by atoms with Crippen LogP contribution in [0.1, 0.15) is 194 Å². The highest BCUT2D eigenvalue weighted by molar-refractivity contribution is 5.66. The summed E-state index contributed by atoms with van der Waals surface area (Å²) >= 11 is 0. The van der Waals surface area contributed by atoms with Crippen molar-refractivity contribution in [3.8, 4) is 0 Å². The third-order valence-electron chi connectivity index (χ3n) is 7.53. The van der Waals surface area contributed by atoms with Crippen LogP contribution in [-0.2, 0) is 19.3 Å². The van der Waals surface area contributed by atoms with Crippen LogP contribution in [0.3, 0.4) is 0 Å². The van der Waals surface area contributed by atoms with Crippen molar-refractivity contribution < 1.29 is 24.4 Å². The topological polar surface area (TPSA) is 65.0 Å². The van der Waals surface area contributed by atoms with Crippen LogP contribution in [0.2, 0.25) is 0 Å². The third-order valence-corrected chi connectivity index (χ3v) is 7.53. The van der Waals surface area contributed by atoms with Crippen molar-refractivity contribution in [2.45, 2.75) is 194 Å². The number of hydrogen-bond acceptors (Lipinski definition) is 4. The lowest BCUT2D eigenvalue weighted by atomic mass is 10.0. The standard InChI is InChI=1S/C19H40O3.C16H32O2/c1-3-4-5-6-7-8-9-10-11-12-13-14-15-16-17-21-22-19-18-20-2;1-2-3-4-5-6-7-8-9-10-11-12-13-14-15-16(17)18/h3-19H2,1-2H3;2-15H2,1H3,(H,17,18). The zero-order valence-electron chi connectivity index (χ0n) is 27.5. The second-order valence-corrected chi connectivity index (χ2v) is 11.6. The molecule has 0 aliphatic carbocycles. The largest absolute Gasteiger partial charge is 0.481 e. The van der Waals surface area contributed by atoms with Crippen molar-refractivity contribution in [2.75, 3.05) is 26.9 Å². The van der Waals surface area contributed by atoms with E-state index in [2.05, 4.69) is 13.8 Å². The molecule has 0 radical (unpaired) electrons. The van der Waals surface area contributed by atoms with E-state index in [1.54, 1.807) is 7.11 Å². The monoisotopic (exact) mass is 573 g/mol. The van der Waals surface area contributed by atoms with Gasteiger partial charge in [0.2, 0.25) is 0 Å². The molecule has 0 saturated heterocycles. The van der Waals surface area contributed by atoms with Gasteiger partial charge in [-0.05, 0) is 12.8 Å². The molecule has 242 valence electrons. The summed E-state index contributed by atoms with van der Waals surface area (Å²) < 4.78 is 4.87. The lowest BCUT2D eigenvalue weighted by Crippen LogP contribution is -2.03. The van der Waals surface area contributed by atoms with Crippen molar-refractivity contribution >= 4 is 5.97 Å². The first kappa shape index (κ1) is 41.5. The number of ether oxygens (including phenoxy) is 1. The Bertz CT molecular complexity index is 423. The molecular weight excluding hydrogens is 500 g/mol. The molecule has 0 heterocycles. The number of aliphatic carboxylic acids is 1. The minimum Gasteiger partial charge on any atom is -0.481 e. The van der Waals surface area contributed by atoms with E-state index in [4.69, 9.17) is 19.6 Å². The smallest absolute Gasteiger partial charge is 0.303 e. The molecule has 0 aromatic heterocycles. The molecule has 0 unspecified atom stereocenters. The number of rotatable bonds is 33. The second kappa shape index (κ2) is 40.5. The fraction of sp³-hybridized carbons (Fsp3) is 0.971. The van der Waals surface area contributed by atoms with E-state index in [1.165, 1.54) is 154 Å². The summed E-state index contributed by atoms with van der Waals surface area (Å²) in [6.07, 6.45) is 36.6. The molecular formula is C35H72O5. The molecule has 0 spiro atoms. The average Bonchev–Trinajstić information content (AvgIpc) is 2.95. The number of hydrogen-bond donors (Lipinski definition) is 1. The van der Waals surface area contributed by atoms with Crippen molar-refractivity contribution in [1.29, 1.82) is 0 Å².